The number of nitrogens with zero attached hydrogens (tertiary/aromatic N) is 1. The fraction of sp³-hybridized carbons (Fsp3) is 0.143. The Kier molecular flexibility index (Phi) is 3.00. The van der Waals surface area contributed by atoms with Crippen molar-refractivity contribution in [2.75, 3.05) is 11.6 Å². The van der Waals surface area contributed by atoms with Gasteiger partial charge in [0.2, 0.25) is 0 Å². The average Bonchev–Trinajstić information content (AvgIpc) is 2.43. The first-order valence-electron chi connectivity index (χ1n) is 5.85. The van der Waals surface area contributed by atoms with E-state index in [4.69, 9.17) is 4.74 Å². The second kappa shape index (κ2) is 4.70. The molecule has 0 saturated carbocycles. The highest BCUT2D eigenvalue weighted by atomic mass is 19.2. The number of hydrogen-bond acceptors (Lipinski definition) is 2. The van der Waals surface area contributed by atoms with E-state index in [1.54, 1.807) is 4.90 Å². The van der Waals surface area contributed by atoms with Crippen molar-refractivity contribution in [1.82, 2.24) is 0 Å². The van der Waals surface area contributed by atoms with Gasteiger partial charge in [0.15, 0.2) is 30.0 Å². The number of anilines is 1. The Labute approximate surface area is 112 Å². The Bertz CT molecular complexity index is 674. The highest BCUT2D eigenvalue weighted by molar-refractivity contribution is 5.50. The zero-order valence-electron chi connectivity index (χ0n) is 10.2. The molecule has 0 radical (unpaired) electrons. The molecule has 0 aromatic heterocycles. The minimum absolute atomic E-state index is 0.0448. The van der Waals surface area contributed by atoms with Crippen molar-refractivity contribution in [3.8, 4) is 5.75 Å². The maximum atomic E-state index is 13.2. The summed E-state index contributed by atoms with van der Waals surface area (Å²) in [5.41, 5.74) is 0.846. The lowest BCUT2D eigenvalue weighted by molar-refractivity contribution is 0.285. The van der Waals surface area contributed by atoms with Crippen LogP contribution in [-0.4, -0.2) is 6.73 Å². The molecule has 2 aromatic rings. The van der Waals surface area contributed by atoms with E-state index in [-0.39, 0.29) is 19.0 Å². The number of ether oxygens (including phenoxy) is 1. The van der Waals surface area contributed by atoms with E-state index in [0.29, 0.717) is 11.3 Å². The first-order chi connectivity index (χ1) is 9.54. The van der Waals surface area contributed by atoms with Crippen LogP contribution in [0.15, 0.2) is 30.3 Å². The van der Waals surface area contributed by atoms with E-state index < -0.39 is 23.3 Å². The minimum atomic E-state index is -0.981. The lowest BCUT2D eigenvalue weighted by Gasteiger charge is -2.30. The van der Waals surface area contributed by atoms with Crippen LogP contribution in [0.2, 0.25) is 0 Å². The molecule has 0 aliphatic carbocycles. The Morgan fingerprint density at radius 1 is 0.850 bits per heavy atom. The van der Waals surface area contributed by atoms with Gasteiger partial charge >= 0.3 is 0 Å². The number of halogens is 4. The number of hydrogen-bond donors (Lipinski definition) is 0. The van der Waals surface area contributed by atoms with Crippen molar-refractivity contribution in [2.45, 2.75) is 6.54 Å². The van der Waals surface area contributed by atoms with Gasteiger partial charge < -0.3 is 9.64 Å². The smallest absolute Gasteiger partial charge is 0.162 e. The molecule has 0 atom stereocenters. The van der Waals surface area contributed by atoms with Crippen LogP contribution in [0, 0.1) is 23.3 Å². The number of rotatable bonds is 1. The van der Waals surface area contributed by atoms with Crippen LogP contribution in [0.4, 0.5) is 23.2 Å². The highest BCUT2D eigenvalue weighted by Gasteiger charge is 2.21. The van der Waals surface area contributed by atoms with Crippen molar-refractivity contribution in [3.63, 3.8) is 0 Å². The molecule has 2 nitrogen and oxygen atoms in total. The second-order valence-corrected chi connectivity index (χ2v) is 4.44. The molecule has 0 bridgehead atoms. The molecule has 0 unspecified atom stereocenters. The van der Waals surface area contributed by atoms with E-state index in [0.717, 1.165) is 24.3 Å². The van der Waals surface area contributed by atoms with Crippen LogP contribution >= 0.6 is 0 Å². The Morgan fingerprint density at radius 2 is 1.55 bits per heavy atom. The summed E-state index contributed by atoms with van der Waals surface area (Å²) < 4.78 is 57.6. The molecule has 0 N–H and O–H groups in total. The summed E-state index contributed by atoms with van der Waals surface area (Å²) in [6, 6.07) is 5.45. The summed E-state index contributed by atoms with van der Waals surface area (Å²) in [7, 11) is 0. The standard InChI is InChI=1S/C14H9F4NO/c15-10-2-1-9(4-12(10)17)19-6-8-3-11(16)13(18)5-14(8)20-7-19/h1-5H,6-7H2. The van der Waals surface area contributed by atoms with Gasteiger partial charge in [-0.1, -0.05) is 0 Å². The summed E-state index contributed by atoms with van der Waals surface area (Å²) in [5.74, 6) is -3.62. The molecule has 104 valence electrons. The third-order valence-electron chi connectivity index (χ3n) is 3.11. The van der Waals surface area contributed by atoms with Crippen LogP contribution in [0.3, 0.4) is 0 Å². The van der Waals surface area contributed by atoms with Crippen molar-refractivity contribution in [3.05, 3.63) is 59.2 Å². The average molecular weight is 283 g/mol. The molecule has 0 amide bonds. The van der Waals surface area contributed by atoms with E-state index in [1.807, 2.05) is 0 Å². The van der Waals surface area contributed by atoms with E-state index >= 15 is 0 Å². The fourth-order valence-corrected chi connectivity index (χ4v) is 2.07. The van der Waals surface area contributed by atoms with Gasteiger partial charge in [0.1, 0.15) is 5.75 Å². The van der Waals surface area contributed by atoms with Gasteiger partial charge in [-0.25, -0.2) is 17.6 Å². The third kappa shape index (κ3) is 2.17. The van der Waals surface area contributed by atoms with E-state index in [1.165, 1.54) is 6.07 Å². The fourth-order valence-electron chi connectivity index (χ4n) is 2.07. The zero-order chi connectivity index (χ0) is 14.3. The molecule has 0 saturated heterocycles. The van der Waals surface area contributed by atoms with Crippen LogP contribution < -0.4 is 9.64 Å². The molecule has 20 heavy (non-hydrogen) atoms. The number of benzene rings is 2. The predicted octanol–water partition coefficient (Wildman–Crippen LogP) is 3.60. The molecular formula is C14H9F4NO. The Balaban J connectivity index is 1.91. The molecule has 2 aromatic carbocycles. The first kappa shape index (κ1) is 12.8. The van der Waals surface area contributed by atoms with Crippen molar-refractivity contribution >= 4 is 5.69 Å². The molecular weight excluding hydrogens is 274 g/mol. The summed E-state index contributed by atoms with van der Waals surface area (Å²) in [4.78, 5) is 1.59. The molecule has 1 heterocycles. The van der Waals surface area contributed by atoms with Crippen molar-refractivity contribution in [2.24, 2.45) is 0 Å². The van der Waals surface area contributed by atoms with Crippen LogP contribution in [-0.2, 0) is 6.54 Å². The Morgan fingerprint density at radius 3 is 2.30 bits per heavy atom. The zero-order valence-corrected chi connectivity index (χ0v) is 10.2. The predicted molar refractivity (Wildman–Crippen MR) is 64.4 cm³/mol. The van der Waals surface area contributed by atoms with Gasteiger partial charge in [-0.05, 0) is 18.2 Å². The topological polar surface area (TPSA) is 12.5 Å². The third-order valence-corrected chi connectivity index (χ3v) is 3.11. The van der Waals surface area contributed by atoms with Crippen LogP contribution in [0.25, 0.3) is 0 Å². The van der Waals surface area contributed by atoms with Gasteiger partial charge in [-0.2, -0.15) is 0 Å². The number of fused-ring (bicyclic) bond motifs is 1. The van der Waals surface area contributed by atoms with Crippen molar-refractivity contribution < 1.29 is 22.3 Å². The van der Waals surface area contributed by atoms with Crippen LogP contribution in [0.1, 0.15) is 5.56 Å². The van der Waals surface area contributed by atoms with Gasteiger partial charge in [-0.15, -0.1) is 0 Å². The molecule has 0 fully saturated rings. The lowest BCUT2D eigenvalue weighted by atomic mass is 10.1. The van der Waals surface area contributed by atoms with Gasteiger partial charge in [0, 0.05) is 29.9 Å². The van der Waals surface area contributed by atoms with Gasteiger partial charge in [-0.3, -0.25) is 0 Å². The second-order valence-electron chi connectivity index (χ2n) is 4.44. The lowest BCUT2D eigenvalue weighted by Crippen LogP contribution is -2.32. The molecule has 3 rings (SSSR count). The van der Waals surface area contributed by atoms with E-state index in [2.05, 4.69) is 0 Å². The van der Waals surface area contributed by atoms with Gasteiger partial charge in [0.25, 0.3) is 0 Å². The maximum Gasteiger partial charge on any atom is 0.162 e. The monoisotopic (exact) mass is 283 g/mol. The summed E-state index contributed by atoms with van der Waals surface area (Å²) in [6.07, 6.45) is 0. The van der Waals surface area contributed by atoms with Gasteiger partial charge in [0.05, 0.1) is 0 Å². The largest absolute Gasteiger partial charge is 0.473 e. The summed E-state index contributed by atoms with van der Waals surface area (Å²) in [6.45, 7) is 0.265. The normalized spacial score (nSPS) is 13.9. The summed E-state index contributed by atoms with van der Waals surface area (Å²) in [5, 5.41) is 0. The Hall–Kier alpha value is -2.24. The molecule has 1 aliphatic rings. The minimum Gasteiger partial charge on any atom is -0.473 e. The summed E-state index contributed by atoms with van der Waals surface area (Å²) >= 11 is 0. The maximum absolute atomic E-state index is 13.2. The first-order valence-corrected chi connectivity index (χ1v) is 5.85. The molecule has 0 spiro atoms. The quantitative estimate of drug-likeness (QED) is 0.741. The van der Waals surface area contributed by atoms with Crippen LogP contribution in [0.5, 0.6) is 5.75 Å². The van der Waals surface area contributed by atoms with E-state index in [9.17, 15) is 17.6 Å². The molecule has 1 aliphatic heterocycles. The van der Waals surface area contributed by atoms with Crippen molar-refractivity contribution in [1.29, 1.82) is 0 Å². The highest BCUT2D eigenvalue weighted by Crippen LogP contribution is 2.30. The molecule has 6 heteroatoms. The SMILES string of the molecule is Fc1ccc(N2COc3cc(F)c(F)cc3C2)cc1F.